The summed E-state index contributed by atoms with van der Waals surface area (Å²) in [6.07, 6.45) is 2.79. The molecular weight excluding hydrogens is 280 g/mol. The Labute approximate surface area is 121 Å². The maximum absolute atomic E-state index is 12.0. The Kier molecular flexibility index (Phi) is 6.26. The van der Waals surface area contributed by atoms with Crippen molar-refractivity contribution in [2.45, 2.75) is 18.6 Å². The average molecular weight is 298 g/mol. The van der Waals surface area contributed by atoms with E-state index in [-0.39, 0.29) is 11.3 Å². The molecule has 1 rings (SSSR count). The first-order valence-electron chi connectivity index (χ1n) is 6.05. The zero-order valence-electron chi connectivity index (χ0n) is 11.4. The second kappa shape index (κ2) is 7.71. The van der Waals surface area contributed by atoms with E-state index < -0.39 is 10.8 Å². The van der Waals surface area contributed by atoms with Crippen molar-refractivity contribution in [3.63, 3.8) is 0 Å². The fourth-order valence-electron chi connectivity index (χ4n) is 1.57. The molecule has 0 fully saturated rings. The summed E-state index contributed by atoms with van der Waals surface area (Å²) in [7, 11) is 0. The number of nitrogen functional groups attached to an aromatic ring is 1. The third-order valence-electron chi connectivity index (χ3n) is 2.84. The van der Waals surface area contributed by atoms with Crippen molar-refractivity contribution in [1.82, 2.24) is 5.32 Å². The van der Waals surface area contributed by atoms with E-state index in [0.29, 0.717) is 17.5 Å². The number of rotatable bonds is 7. The van der Waals surface area contributed by atoms with E-state index in [1.165, 1.54) is 18.2 Å². The summed E-state index contributed by atoms with van der Waals surface area (Å²) in [6, 6.07) is 4.07. The average Bonchev–Trinajstić information content (AvgIpc) is 2.45. The largest absolute Gasteiger partial charge is 0.352 e. The molecule has 0 aromatic heterocycles. The number of carbonyl (C=O) groups excluding carboxylic acids is 1. The maximum atomic E-state index is 12.0. The predicted octanol–water partition coefficient (Wildman–Crippen LogP) is 1.75. The topological polar surface area (TPSA) is 110 Å². The molecule has 110 valence electrons. The number of nitrogens with two attached hydrogens (primary N) is 1. The molecule has 0 heterocycles. The predicted molar refractivity (Wildman–Crippen MR) is 80.8 cm³/mol. The van der Waals surface area contributed by atoms with Gasteiger partial charge in [-0.25, -0.2) is 0 Å². The van der Waals surface area contributed by atoms with Crippen molar-refractivity contribution in [2.24, 2.45) is 5.84 Å². The Hall–Kier alpha value is -1.80. The number of nitro groups is 1. The lowest BCUT2D eigenvalue weighted by Crippen LogP contribution is -2.27. The molecule has 7 nitrogen and oxygen atoms in total. The van der Waals surface area contributed by atoms with Crippen molar-refractivity contribution in [3.8, 4) is 0 Å². The quantitative estimate of drug-likeness (QED) is 0.402. The van der Waals surface area contributed by atoms with Crippen LogP contribution in [-0.2, 0) is 0 Å². The molecule has 0 bridgehead atoms. The fourth-order valence-corrected chi connectivity index (χ4v) is 1.92. The number of nitro benzene ring substituents is 1. The third kappa shape index (κ3) is 4.39. The van der Waals surface area contributed by atoms with Crippen LogP contribution in [0.5, 0.6) is 0 Å². The van der Waals surface area contributed by atoms with E-state index in [2.05, 4.69) is 17.7 Å². The van der Waals surface area contributed by atoms with Crippen LogP contribution in [-0.4, -0.2) is 28.9 Å². The Morgan fingerprint density at radius 2 is 2.25 bits per heavy atom. The molecule has 1 amide bonds. The lowest BCUT2D eigenvalue weighted by molar-refractivity contribution is -0.385. The fraction of sp³-hybridized carbons (Fsp3) is 0.417. The van der Waals surface area contributed by atoms with Gasteiger partial charge in [0.1, 0.15) is 5.56 Å². The highest BCUT2D eigenvalue weighted by Crippen LogP contribution is 2.22. The highest BCUT2D eigenvalue weighted by atomic mass is 32.2. The first kappa shape index (κ1) is 16.3. The number of nitrogens with zero attached hydrogens (tertiary/aromatic N) is 1. The number of carbonyl (C=O) groups is 1. The summed E-state index contributed by atoms with van der Waals surface area (Å²) in [4.78, 5) is 22.4. The van der Waals surface area contributed by atoms with Crippen LogP contribution in [0.3, 0.4) is 0 Å². The van der Waals surface area contributed by atoms with Gasteiger partial charge in [-0.05, 0) is 24.8 Å². The Balaban J connectivity index is 2.82. The van der Waals surface area contributed by atoms with E-state index in [0.717, 1.165) is 6.42 Å². The molecule has 1 aromatic carbocycles. The number of thioether (sulfide) groups is 1. The Bertz CT molecular complexity index is 496. The minimum Gasteiger partial charge on any atom is -0.352 e. The second-order valence-corrected chi connectivity index (χ2v) is 5.50. The molecule has 8 heteroatoms. The molecule has 0 saturated heterocycles. The molecule has 1 atom stereocenters. The molecule has 0 aliphatic rings. The summed E-state index contributed by atoms with van der Waals surface area (Å²) in [6.45, 7) is 2.52. The van der Waals surface area contributed by atoms with Gasteiger partial charge in [0, 0.05) is 23.5 Å². The molecule has 0 radical (unpaired) electrons. The smallest absolute Gasteiger partial charge is 0.282 e. The van der Waals surface area contributed by atoms with Gasteiger partial charge in [0.05, 0.1) is 4.92 Å². The number of benzene rings is 1. The molecule has 1 unspecified atom stereocenters. The SMILES string of the molecule is CSC(C)CCNC(=O)c1cc(NN)ccc1[N+](=O)[O-]. The van der Waals surface area contributed by atoms with Crippen molar-refractivity contribution in [2.75, 3.05) is 18.2 Å². The van der Waals surface area contributed by atoms with Gasteiger partial charge in [0.15, 0.2) is 0 Å². The van der Waals surface area contributed by atoms with Crippen LogP contribution in [0.1, 0.15) is 23.7 Å². The number of hydrogen-bond acceptors (Lipinski definition) is 6. The van der Waals surface area contributed by atoms with Crippen LogP contribution in [0.15, 0.2) is 18.2 Å². The molecule has 0 spiro atoms. The first-order valence-corrected chi connectivity index (χ1v) is 7.34. The number of nitrogens with one attached hydrogen (secondary N) is 2. The van der Waals surface area contributed by atoms with Crippen LogP contribution < -0.4 is 16.6 Å². The minimum atomic E-state index is -0.584. The summed E-state index contributed by atoms with van der Waals surface area (Å²) in [5, 5.41) is 14.0. The monoisotopic (exact) mass is 298 g/mol. The van der Waals surface area contributed by atoms with Gasteiger partial charge in [-0.2, -0.15) is 11.8 Å². The van der Waals surface area contributed by atoms with Gasteiger partial charge in [0.2, 0.25) is 0 Å². The first-order chi connectivity index (χ1) is 9.49. The van der Waals surface area contributed by atoms with E-state index in [9.17, 15) is 14.9 Å². The number of hydrogen-bond donors (Lipinski definition) is 3. The van der Waals surface area contributed by atoms with Gasteiger partial charge in [-0.15, -0.1) is 0 Å². The number of amides is 1. The number of hydrazine groups is 1. The maximum Gasteiger partial charge on any atom is 0.282 e. The molecule has 4 N–H and O–H groups in total. The van der Waals surface area contributed by atoms with Crippen LogP contribution >= 0.6 is 11.8 Å². The van der Waals surface area contributed by atoms with E-state index >= 15 is 0 Å². The standard InChI is InChI=1S/C12H18N4O3S/c1-8(20-2)5-6-14-12(17)10-7-9(15-13)3-4-11(10)16(18)19/h3-4,7-8,15H,5-6,13H2,1-2H3,(H,14,17). The highest BCUT2D eigenvalue weighted by Gasteiger charge is 2.20. The van der Waals surface area contributed by atoms with Gasteiger partial charge >= 0.3 is 0 Å². The van der Waals surface area contributed by atoms with Gasteiger partial charge in [-0.1, -0.05) is 6.92 Å². The van der Waals surface area contributed by atoms with Crippen LogP contribution in [0.4, 0.5) is 11.4 Å². The normalized spacial score (nSPS) is 11.8. The van der Waals surface area contributed by atoms with Crippen molar-refractivity contribution in [3.05, 3.63) is 33.9 Å². The van der Waals surface area contributed by atoms with Gasteiger partial charge in [0.25, 0.3) is 11.6 Å². The molecule has 20 heavy (non-hydrogen) atoms. The second-order valence-electron chi connectivity index (χ2n) is 4.22. The van der Waals surface area contributed by atoms with E-state index in [1.807, 2.05) is 6.26 Å². The highest BCUT2D eigenvalue weighted by molar-refractivity contribution is 7.99. The zero-order chi connectivity index (χ0) is 15.1. The van der Waals surface area contributed by atoms with E-state index in [4.69, 9.17) is 5.84 Å². The van der Waals surface area contributed by atoms with Gasteiger partial charge in [-0.3, -0.25) is 20.8 Å². The van der Waals surface area contributed by atoms with Crippen LogP contribution in [0, 0.1) is 10.1 Å². The van der Waals surface area contributed by atoms with Crippen molar-refractivity contribution in [1.29, 1.82) is 0 Å². The van der Waals surface area contributed by atoms with Gasteiger partial charge < -0.3 is 10.7 Å². The number of anilines is 1. The van der Waals surface area contributed by atoms with Crippen molar-refractivity contribution < 1.29 is 9.72 Å². The third-order valence-corrected chi connectivity index (χ3v) is 3.88. The summed E-state index contributed by atoms with van der Waals surface area (Å²) in [5.74, 6) is 4.78. The molecule has 0 aliphatic carbocycles. The lowest BCUT2D eigenvalue weighted by Gasteiger charge is -2.10. The summed E-state index contributed by atoms with van der Waals surface area (Å²) < 4.78 is 0. The van der Waals surface area contributed by atoms with E-state index in [1.54, 1.807) is 11.8 Å². The molecule has 0 aliphatic heterocycles. The molecule has 0 saturated carbocycles. The van der Waals surface area contributed by atoms with Crippen molar-refractivity contribution >= 4 is 29.0 Å². The Morgan fingerprint density at radius 1 is 1.55 bits per heavy atom. The zero-order valence-corrected chi connectivity index (χ0v) is 12.2. The Morgan fingerprint density at radius 3 is 2.80 bits per heavy atom. The summed E-state index contributed by atoms with van der Waals surface area (Å²) >= 11 is 1.70. The molecule has 1 aromatic rings. The van der Waals surface area contributed by atoms with Crippen LogP contribution in [0.2, 0.25) is 0 Å². The minimum absolute atomic E-state index is 0.00209. The lowest BCUT2D eigenvalue weighted by atomic mass is 10.1. The molecular formula is C12H18N4O3S. The van der Waals surface area contributed by atoms with Crippen LogP contribution in [0.25, 0.3) is 0 Å². The summed E-state index contributed by atoms with van der Waals surface area (Å²) in [5.41, 5.74) is 2.57.